The number of hydrogen-bond acceptors (Lipinski definition) is 5. The molecule has 29 heavy (non-hydrogen) atoms. The monoisotopic (exact) mass is 389 g/mol. The number of nitrogens with one attached hydrogen (secondary N) is 2. The zero-order valence-corrected chi connectivity index (χ0v) is 16.9. The number of nitrogens with zero attached hydrogens (tertiary/aromatic N) is 3. The van der Waals surface area contributed by atoms with Gasteiger partial charge in [0.2, 0.25) is 0 Å². The minimum atomic E-state index is -0.361. The normalized spacial score (nSPS) is 11.0. The first kappa shape index (κ1) is 18.7. The first-order valence-electron chi connectivity index (χ1n) is 9.42. The number of amides is 1. The number of pyridine rings is 1. The maximum absolute atomic E-state index is 12.4. The Morgan fingerprint density at radius 3 is 2.76 bits per heavy atom. The lowest BCUT2D eigenvalue weighted by Crippen LogP contribution is -2.29. The van der Waals surface area contributed by atoms with Crippen molar-refractivity contribution in [3.05, 3.63) is 76.4 Å². The molecular formula is C22H23N5O2. The van der Waals surface area contributed by atoms with E-state index in [2.05, 4.69) is 53.0 Å². The van der Waals surface area contributed by atoms with Crippen molar-refractivity contribution in [1.29, 1.82) is 0 Å². The number of fused-ring (bicyclic) bond motifs is 1. The van der Waals surface area contributed by atoms with E-state index in [0.717, 1.165) is 22.5 Å². The predicted molar refractivity (Wildman–Crippen MR) is 112 cm³/mol. The zero-order valence-electron chi connectivity index (χ0n) is 16.9. The molecule has 0 unspecified atom stereocenters. The van der Waals surface area contributed by atoms with Crippen molar-refractivity contribution in [3.63, 3.8) is 0 Å². The molecule has 4 rings (SSSR count). The van der Waals surface area contributed by atoms with Gasteiger partial charge < -0.3 is 4.42 Å². The van der Waals surface area contributed by atoms with Gasteiger partial charge in [0.15, 0.2) is 11.4 Å². The van der Waals surface area contributed by atoms with Crippen molar-refractivity contribution in [3.8, 4) is 0 Å². The Labute approximate surface area is 168 Å². The molecule has 4 aromatic rings. The number of furan rings is 1. The van der Waals surface area contributed by atoms with Crippen molar-refractivity contribution in [1.82, 2.24) is 20.2 Å². The molecule has 3 heterocycles. The summed E-state index contributed by atoms with van der Waals surface area (Å²) < 4.78 is 7.45. The molecule has 2 N–H and O–H groups in total. The summed E-state index contributed by atoms with van der Waals surface area (Å²) in [4.78, 5) is 16.9. The van der Waals surface area contributed by atoms with Gasteiger partial charge in [0.25, 0.3) is 0 Å². The molecule has 0 bridgehead atoms. The van der Waals surface area contributed by atoms with Crippen molar-refractivity contribution in [2.75, 3.05) is 5.43 Å². The molecule has 0 saturated carbocycles. The molecule has 1 aromatic carbocycles. The second-order valence-electron chi connectivity index (χ2n) is 7.23. The minimum Gasteiger partial charge on any atom is -0.456 e. The van der Waals surface area contributed by atoms with Crippen molar-refractivity contribution >= 4 is 22.8 Å². The van der Waals surface area contributed by atoms with E-state index in [9.17, 15) is 4.79 Å². The Morgan fingerprint density at radius 1 is 1.10 bits per heavy atom. The maximum atomic E-state index is 12.4. The van der Waals surface area contributed by atoms with Crippen molar-refractivity contribution < 1.29 is 9.21 Å². The summed E-state index contributed by atoms with van der Waals surface area (Å²) >= 11 is 0. The summed E-state index contributed by atoms with van der Waals surface area (Å²) in [5.74, 6) is 1.15. The lowest BCUT2D eigenvalue weighted by atomic mass is 10.0. The van der Waals surface area contributed by atoms with Gasteiger partial charge in [-0.1, -0.05) is 23.8 Å². The summed E-state index contributed by atoms with van der Waals surface area (Å²) in [6.07, 6.45) is 0.645. The van der Waals surface area contributed by atoms with E-state index in [1.54, 1.807) is 16.8 Å². The predicted octanol–water partition coefficient (Wildman–Crippen LogP) is 3.83. The van der Waals surface area contributed by atoms with Crippen LogP contribution in [0, 0.1) is 20.8 Å². The van der Waals surface area contributed by atoms with E-state index in [-0.39, 0.29) is 11.7 Å². The number of carbonyl (C=O) groups excluding carboxylic acids is 1. The second-order valence-corrected chi connectivity index (χ2v) is 7.23. The van der Waals surface area contributed by atoms with Gasteiger partial charge >= 0.3 is 5.91 Å². The number of benzene rings is 1. The Kier molecular flexibility index (Phi) is 4.80. The molecule has 7 heteroatoms. The molecule has 0 radical (unpaired) electrons. The smallest absolute Gasteiger partial charge is 0.305 e. The third kappa shape index (κ3) is 3.85. The molecule has 7 nitrogen and oxygen atoms in total. The molecule has 0 spiro atoms. The lowest BCUT2D eigenvalue weighted by molar-refractivity contribution is 0.0933. The van der Waals surface area contributed by atoms with Crippen LogP contribution in [0.4, 0.5) is 5.82 Å². The van der Waals surface area contributed by atoms with Crippen molar-refractivity contribution in [2.45, 2.75) is 27.2 Å². The first-order chi connectivity index (χ1) is 13.9. The standard InChI is InChI=1S/C22H23N5O2/c1-13-5-6-14(2)16(11-13)12-17-7-9-19(29-17)22(28)25-24-20-10-8-18-15(3)26-27(4)21(18)23-20/h5-11H,12H2,1-4H3,(H,23,24)(H,25,28). The van der Waals surface area contributed by atoms with Gasteiger partial charge in [-0.2, -0.15) is 5.10 Å². The van der Waals surface area contributed by atoms with Gasteiger partial charge in [0.1, 0.15) is 11.6 Å². The van der Waals surface area contributed by atoms with Crippen LogP contribution in [0.15, 0.2) is 46.9 Å². The maximum Gasteiger partial charge on any atom is 0.305 e. The number of anilines is 1. The molecule has 1 amide bonds. The van der Waals surface area contributed by atoms with E-state index in [1.807, 2.05) is 26.1 Å². The van der Waals surface area contributed by atoms with Gasteiger partial charge in [0.05, 0.1) is 5.69 Å². The fraction of sp³-hybridized carbons (Fsp3) is 0.227. The highest BCUT2D eigenvalue weighted by Crippen LogP contribution is 2.19. The fourth-order valence-corrected chi connectivity index (χ4v) is 3.33. The number of carbonyl (C=O) groups is 1. The summed E-state index contributed by atoms with van der Waals surface area (Å²) in [5, 5.41) is 5.33. The number of hydrazine groups is 1. The first-order valence-corrected chi connectivity index (χ1v) is 9.42. The third-order valence-corrected chi connectivity index (χ3v) is 4.93. The number of aromatic nitrogens is 3. The van der Waals surface area contributed by atoms with Crippen LogP contribution in [0.3, 0.4) is 0 Å². The molecule has 0 aliphatic heterocycles. The Bertz CT molecular complexity index is 1210. The van der Waals surface area contributed by atoms with Crippen molar-refractivity contribution in [2.24, 2.45) is 7.05 Å². The van der Waals surface area contributed by atoms with Gasteiger partial charge in [-0.3, -0.25) is 20.3 Å². The number of rotatable bonds is 5. The molecule has 0 atom stereocenters. The number of hydrogen-bond donors (Lipinski definition) is 2. The van der Waals surface area contributed by atoms with Crippen LogP contribution in [0.2, 0.25) is 0 Å². The zero-order chi connectivity index (χ0) is 20.5. The van der Waals surface area contributed by atoms with Crippen LogP contribution in [0.1, 0.15) is 38.7 Å². The highest BCUT2D eigenvalue weighted by molar-refractivity contribution is 5.92. The molecule has 148 valence electrons. The van der Waals surface area contributed by atoms with Crippen LogP contribution in [-0.4, -0.2) is 20.7 Å². The summed E-state index contributed by atoms with van der Waals surface area (Å²) in [5.41, 5.74) is 10.7. The molecule has 0 aliphatic rings. The SMILES string of the molecule is Cc1ccc(C)c(Cc2ccc(C(=O)NNc3ccc4c(C)nn(C)c4n3)o2)c1. The molecule has 0 aliphatic carbocycles. The van der Waals surface area contributed by atoms with E-state index < -0.39 is 0 Å². The Balaban J connectivity index is 1.43. The number of aryl methyl sites for hydroxylation is 4. The molecule has 3 aromatic heterocycles. The Hall–Kier alpha value is -3.61. The summed E-state index contributed by atoms with van der Waals surface area (Å²) in [6.45, 7) is 6.07. The van der Waals surface area contributed by atoms with Gasteiger partial charge in [-0.25, -0.2) is 4.98 Å². The van der Waals surface area contributed by atoms with Crippen LogP contribution < -0.4 is 10.9 Å². The van der Waals surface area contributed by atoms with Crippen LogP contribution >= 0.6 is 0 Å². The van der Waals surface area contributed by atoms with Crippen LogP contribution in [0.5, 0.6) is 0 Å². The summed E-state index contributed by atoms with van der Waals surface area (Å²) in [7, 11) is 1.84. The van der Waals surface area contributed by atoms with Crippen LogP contribution in [0.25, 0.3) is 11.0 Å². The van der Waals surface area contributed by atoms with E-state index >= 15 is 0 Å². The largest absolute Gasteiger partial charge is 0.456 e. The minimum absolute atomic E-state index is 0.246. The topological polar surface area (TPSA) is 85.0 Å². The fourth-order valence-electron chi connectivity index (χ4n) is 3.33. The van der Waals surface area contributed by atoms with E-state index in [1.165, 1.54) is 16.7 Å². The molecule has 0 saturated heterocycles. The van der Waals surface area contributed by atoms with Gasteiger partial charge in [0, 0.05) is 18.9 Å². The average Bonchev–Trinajstić information content (AvgIpc) is 3.27. The Morgan fingerprint density at radius 2 is 1.93 bits per heavy atom. The van der Waals surface area contributed by atoms with E-state index in [4.69, 9.17) is 4.42 Å². The average molecular weight is 389 g/mol. The molecule has 0 fully saturated rings. The highest BCUT2D eigenvalue weighted by Gasteiger charge is 2.13. The second kappa shape index (κ2) is 7.43. The quantitative estimate of drug-likeness (QED) is 0.507. The van der Waals surface area contributed by atoms with Crippen LogP contribution in [-0.2, 0) is 13.5 Å². The highest BCUT2D eigenvalue weighted by atomic mass is 16.4. The lowest BCUT2D eigenvalue weighted by Gasteiger charge is -2.07. The summed E-state index contributed by atoms with van der Waals surface area (Å²) in [6, 6.07) is 13.6. The van der Waals surface area contributed by atoms with Gasteiger partial charge in [-0.05, 0) is 56.2 Å². The van der Waals surface area contributed by atoms with E-state index in [0.29, 0.717) is 12.2 Å². The molecular weight excluding hydrogens is 366 g/mol. The third-order valence-electron chi connectivity index (χ3n) is 4.93. The van der Waals surface area contributed by atoms with Gasteiger partial charge in [-0.15, -0.1) is 0 Å².